The van der Waals surface area contributed by atoms with E-state index in [1.165, 1.54) is 0 Å². The fourth-order valence-corrected chi connectivity index (χ4v) is 2.53. The summed E-state index contributed by atoms with van der Waals surface area (Å²) in [5, 5.41) is 14.8. The summed E-state index contributed by atoms with van der Waals surface area (Å²) in [5.41, 5.74) is -0.373. The first-order chi connectivity index (χ1) is 8.60. The molecular formula is C13H24N2O3. The van der Waals surface area contributed by atoms with Gasteiger partial charge in [0.05, 0.1) is 5.54 Å². The maximum absolute atomic E-state index is 12.2. The Kier molecular flexibility index (Phi) is 6.12. The number of carbonyl (C=O) groups excluding carboxylic acids is 1. The molecule has 0 aromatic heterocycles. The van der Waals surface area contributed by atoms with Crippen LogP contribution in [0.4, 0.5) is 0 Å². The molecule has 104 valence electrons. The number of carboxylic acid groups (broad SMARTS) is 1. The van der Waals surface area contributed by atoms with E-state index in [9.17, 15) is 9.59 Å². The first-order valence-corrected chi connectivity index (χ1v) is 6.86. The number of carbonyl (C=O) groups is 2. The number of amides is 1. The highest BCUT2D eigenvalue weighted by atomic mass is 16.4. The molecule has 1 saturated heterocycles. The molecule has 0 spiro atoms. The third-order valence-corrected chi connectivity index (χ3v) is 3.46. The van der Waals surface area contributed by atoms with E-state index < -0.39 is 5.97 Å². The lowest BCUT2D eigenvalue weighted by molar-refractivity contribution is -0.137. The van der Waals surface area contributed by atoms with Crippen LogP contribution >= 0.6 is 0 Å². The van der Waals surface area contributed by atoms with E-state index in [0.717, 1.165) is 38.6 Å². The Morgan fingerprint density at radius 2 is 2.17 bits per heavy atom. The van der Waals surface area contributed by atoms with Gasteiger partial charge >= 0.3 is 5.97 Å². The Morgan fingerprint density at radius 1 is 1.39 bits per heavy atom. The van der Waals surface area contributed by atoms with Gasteiger partial charge in [0.1, 0.15) is 0 Å². The first-order valence-electron chi connectivity index (χ1n) is 6.86. The predicted molar refractivity (Wildman–Crippen MR) is 69.4 cm³/mol. The second-order valence-corrected chi connectivity index (χ2v) is 4.97. The number of nitrogens with one attached hydrogen (secondary N) is 2. The van der Waals surface area contributed by atoms with E-state index in [4.69, 9.17) is 5.11 Å². The molecule has 3 N–H and O–H groups in total. The summed E-state index contributed by atoms with van der Waals surface area (Å²) in [7, 11) is 0. The molecule has 18 heavy (non-hydrogen) atoms. The molecule has 1 heterocycles. The lowest BCUT2D eigenvalue weighted by atomic mass is 9.91. The van der Waals surface area contributed by atoms with E-state index in [-0.39, 0.29) is 17.9 Å². The molecule has 0 aliphatic carbocycles. The van der Waals surface area contributed by atoms with Crippen molar-refractivity contribution in [2.24, 2.45) is 0 Å². The number of hydrogen-bond donors (Lipinski definition) is 3. The minimum atomic E-state index is -0.777. The van der Waals surface area contributed by atoms with Gasteiger partial charge in [-0.05, 0) is 38.6 Å². The SMILES string of the molecule is CCCC1(C(=O)NCCCCC(=O)O)CCCN1. The summed E-state index contributed by atoms with van der Waals surface area (Å²) < 4.78 is 0. The Hall–Kier alpha value is -1.10. The van der Waals surface area contributed by atoms with Crippen molar-refractivity contribution in [1.29, 1.82) is 0 Å². The molecule has 1 rings (SSSR count). The van der Waals surface area contributed by atoms with Crippen LogP contribution in [0.1, 0.15) is 51.9 Å². The van der Waals surface area contributed by atoms with Crippen LogP contribution in [-0.4, -0.2) is 35.6 Å². The van der Waals surface area contributed by atoms with Gasteiger partial charge in [0, 0.05) is 13.0 Å². The van der Waals surface area contributed by atoms with Gasteiger partial charge in [0.25, 0.3) is 0 Å². The zero-order chi connectivity index (χ0) is 13.4. The van der Waals surface area contributed by atoms with Crippen LogP contribution in [0.2, 0.25) is 0 Å². The van der Waals surface area contributed by atoms with Crippen LogP contribution in [0.25, 0.3) is 0 Å². The van der Waals surface area contributed by atoms with Crippen molar-refractivity contribution in [3.05, 3.63) is 0 Å². The van der Waals surface area contributed by atoms with E-state index in [0.29, 0.717) is 13.0 Å². The molecule has 1 aliphatic rings. The largest absolute Gasteiger partial charge is 0.481 e. The number of carboxylic acids is 1. The highest BCUT2D eigenvalue weighted by Gasteiger charge is 2.39. The number of hydrogen-bond acceptors (Lipinski definition) is 3. The summed E-state index contributed by atoms with van der Waals surface area (Å²) in [6, 6.07) is 0. The van der Waals surface area contributed by atoms with Crippen LogP contribution in [-0.2, 0) is 9.59 Å². The number of unbranched alkanes of at least 4 members (excludes halogenated alkanes) is 1. The standard InChI is InChI=1S/C13H24N2O3/c1-2-7-13(8-5-10-15-13)12(18)14-9-4-3-6-11(16)17/h15H,2-10H2,1H3,(H,14,18)(H,16,17). The minimum Gasteiger partial charge on any atom is -0.481 e. The quantitative estimate of drug-likeness (QED) is 0.572. The summed E-state index contributed by atoms with van der Waals surface area (Å²) in [4.78, 5) is 22.5. The van der Waals surface area contributed by atoms with Crippen LogP contribution in [0.5, 0.6) is 0 Å². The van der Waals surface area contributed by atoms with Gasteiger partial charge in [-0.2, -0.15) is 0 Å². The van der Waals surface area contributed by atoms with Crippen molar-refractivity contribution >= 4 is 11.9 Å². The van der Waals surface area contributed by atoms with Crippen molar-refractivity contribution in [2.75, 3.05) is 13.1 Å². The molecule has 0 aromatic rings. The average Bonchev–Trinajstić information content (AvgIpc) is 2.78. The van der Waals surface area contributed by atoms with Crippen molar-refractivity contribution < 1.29 is 14.7 Å². The molecule has 1 amide bonds. The normalized spacial score (nSPS) is 22.9. The summed E-state index contributed by atoms with van der Waals surface area (Å²) in [6.45, 7) is 3.56. The van der Waals surface area contributed by atoms with Gasteiger partial charge in [0.2, 0.25) is 5.91 Å². The monoisotopic (exact) mass is 256 g/mol. The van der Waals surface area contributed by atoms with Crippen molar-refractivity contribution in [2.45, 2.75) is 57.4 Å². The molecule has 0 saturated carbocycles. The number of aliphatic carboxylic acids is 1. The van der Waals surface area contributed by atoms with E-state index in [1.54, 1.807) is 0 Å². The maximum Gasteiger partial charge on any atom is 0.303 e. The van der Waals surface area contributed by atoms with Crippen LogP contribution in [0.3, 0.4) is 0 Å². The second-order valence-electron chi connectivity index (χ2n) is 4.97. The average molecular weight is 256 g/mol. The van der Waals surface area contributed by atoms with Gasteiger partial charge < -0.3 is 15.7 Å². The Morgan fingerprint density at radius 3 is 2.72 bits per heavy atom. The topological polar surface area (TPSA) is 78.4 Å². The Balaban J connectivity index is 2.27. The third kappa shape index (κ3) is 4.29. The van der Waals surface area contributed by atoms with Crippen LogP contribution in [0.15, 0.2) is 0 Å². The molecule has 0 radical (unpaired) electrons. The Bertz CT molecular complexity index is 286. The van der Waals surface area contributed by atoms with Crippen molar-refractivity contribution in [3.8, 4) is 0 Å². The van der Waals surface area contributed by atoms with Crippen molar-refractivity contribution in [3.63, 3.8) is 0 Å². The summed E-state index contributed by atoms with van der Waals surface area (Å²) in [6.07, 6.45) is 5.32. The van der Waals surface area contributed by atoms with Crippen molar-refractivity contribution in [1.82, 2.24) is 10.6 Å². The van der Waals surface area contributed by atoms with Gasteiger partial charge in [-0.15, -0.1) is 0 Å². The molecule has 1 fully saturated rings. The molecule has 1 atom stereocenters. The van der Waals surface area contributed by atoms with Gasteiger partial charge in [0.15, 0.2) is 0 Å². The zero-order valence-corrected chi connectivity index (χ0v) is 11.1. The van der Waals surface area contributed by atoms with Crippen LogP contribution < -0.4 is 10.6 Å². The second kappa shape index (κ2) is 7.36. The van der Waals surface area contributed by atoms with Gasteiger partial charge in [-0.3, -0.25) is 9.59 Å². The molecule has 0 bridgehead atoms. The fourth-order valence-electron chi connectivity index (χ4n) is 2.53. The summed E-state index contributed by atoms with van der Waals surface area (Å²) in [5.74, 6) is -0.696. The lowest BCUT2D eigenvalue weighted by Gasteiger charge is -2.27. The predicted octanol–water partition coefficient (Wildman–Crippen LogP) is 1.28. The molecule has 1 aliphatic heterocycles. The van der Waals surface area contributed by atoms with E-state index >= 15 is 0 Å². The molecule has 0 aromatic carbocycles. The number of rotatable bonds is 8. The Labute approximate surface area is 108 Å². The first kappa shape index (κ1) is 15.0. The summed E-state index contributed by atoms with van der Waals surface area (Å²) >= 11 is 0. The molecular weight excluding hydrogens is 232 g/mol. The maximum atomic E-state index is 12.2. The van der Waals surface area contributed by atoms with Crippen LogP contribution in [0, 0.1) is 0 Å². The lowest BCUT2D eigenvalue weighted by Crippen LogP contribution is -2.53. The van der Waals surface area contributed by atoms with E-state index in [2.05, 4.69) is 17.6 Å². The minimum absolute atomic E-state index is 0.0807. The molecule has 1 unspecified atom stereocenters. The zero-order valence-electron chi connectivity index (χ0n) is 11.1. The molecule has 5 nitrogen and oxygen atoms in total. The molecule has 5 heteroatoms. The fraction of sp³-hybridized carbons (Fsp3) is 0.846. The third-order valence-electron chi connectivity index (χ3n) is 3.46. The van der Waals surface area contributed by atoms with E-state index in [1.807, 2.05) is 0 Å². The highest BCUT2D eigenvalue weighted by molar-refractivity contribution is 5.86. The van der Waals surface area contributed by atoms with Gasteiger partial charge in [-0.25, -0.2) is 0 Å². The smallest absolute Gasteiger partial charge is 0.303 e. The van der Waals surface area contributed by atoms with Gasteiger partial charge in [-0.1, -0.05) is 13.3 Å². The highest BCUT2D eigenvalue weighted by Crippen LogP contribution is 2.24.